The van der Waals surface area contributed by atoms with Gasteiger partial charge in [-0.1, -0.05) is 19.1 Å². The Bertz CT molecular complexity index is 1080. The van der Waals surface area contributed by atoms with Crippen LogP contribution in [0.3, 0.4) is 0 Å². The fourth-order valence-corrected chi connectivity index (χ4v) is 5.71. The molecule has 2 saturated heterocycles. The number of sulfonamides is 1. The summed E-state index contributed by atoms with van der Waals surface area (Å²) in [5.74, 6) is 0.257. The highest BCUT2D eigenvalue weighted by atomic mass is 32.2. The molecule has 33 heavy (non-hydrogen) atoms. The van der Waals surface area contributed by atoms with Crippen molar-refractivity contribution in [2.24, 2.45) is 0 Å². The van der Waals surface area contributed by atoms with Crippen LogP contribution in [0.5, 0.6) is 5.75 Å². The minimum Gasteiger partial charge on any atom is -0.491 e. The van der Waals surface area contributed by atoms with Crippen LogP contribution in [0, 0.1) is 0 Å². The number of hydrogen-bond acceptors (Lipinski definition) is 6. The molecule has 0 bridgehead atoms. The summed E-state index contributed by atoms with van der Waals surface area (Å²) >= 11 is 0. The van der Waals surface area contributed by atoms with Gasteiger partial charge in [0.2, 0.25) is 10.0 Å². The average Bonchev–Trinajstić information content (AvgIpc) is 3.37. The number of carbonyl (C=O) groups excluding carboxylic acids is 1. The molecule has 9 heteroatoms. The molecule has 0 aliphatic carbocycles. The van der Waals surface area contributed by atoms with Crippen LogP contribution in [0.25, 0.3) is 0 Å². The molecule has 0 saturated carbocycles. The SMILES string of the molecule is CCc1ccc(C(=O)Nc2cccc(OCC3CCCO3)c2)cc1S(=O)(=O)N1CCOCC1. The summed E-state index contributed by atoms with van der Waals surface area (Å²) in [5, 5.41) is 2.84. The molecule has 2 aliphatic rings. The van der Waals surface area contributed by atoms with Gasteiger partial charge in [0.25, 0.3) is 5.91 Å². The van der Waals surface area contributed by atoms with Crippen LogP contribution in [-0.2, 0) is 25.9 Å². The van der Waals surface area contributed by atoms with Gasteiger partial charge in [-0.25, -0.2) is 8.42 Å². The third kappa shape index (κ3) is 5.73. The van der Waals surface area contributed by atoms with Gasteiger partial charge in [-0.3, -0.25) is 4.79 Å². The zero-order chi connectivity index (χ0) is 23.3. The minimum atomic E-state index is -3.71. The van der Waals surface area contributed by atoms with Crippen molar-refractivity contribution >= 4 is 21.6 Å². The zero-order valence-corrected chi connectivity index (χ0v) is 19.6. The Hall–Kier alpha value is -2.46. The Morgan fingerprint density at radius 2 is 1.97 bits per heavy atom. The van der Waals surface area contributed by atoms with E-state index in [0.29, 0.717) is 56.3 Å². The standard InChI is InChI=1S/C24H30N2O6S/c1-2-18-8-9-19(15-23(18)33(28,29)26-10-13-30-14-11-26)24(27)25-20-5-3-6-21(16-20)32-17-22-7-4-12-31-22/h3,5-6,8-9,15-16,22H,2,4,7,10-14,17H2,1H3,(H,25,27). The van der Waals surface area contributed by atoms with E-state index in [1.165, 1.54) is 10.4 Å². The van der Waals surface area contributed by atoms with E-state index in [1.807, 2.05) is 13.0 Å². The first-order valence-corrected chi connectivity index (χ1v) is 12.8. The summed E-state index contributed by atoms with van der Waals surface area (Å²) in [6.07, 6.45) is 2.68. The second kappa shape index (κ2) is 10.6. The first kappa shape index (κ1) is 23.7. The molecule has 0 radical (unpaired) electrons. The summed E-state index contributed by atoms with van der Waals surface area (Å²) in [5.41, 5.74) is 1.54. The maximum Gasteiger partial charge on any atom is 0.255 e. The van der Waals surface area contributed by atoms with E-state index in [-0.39, 0.29) is 22.5 Å². The number of rotatable bonds is 8. The van der Waals surface area contributed by atoms with Crippen molar-refractivity contribution in [1.29, 1.82) is 0 Å². The molecule has 1 N–H and O–H groups in total. The van der Waals surface area contributed by atoms with Crippen LogP contribution in [0.1, 0.15) is 35.7 Å². The fraction of sp³-hybridized carbons (Fsp3) is 0.458. The Balaban J connectivity index is 1.49. The maximum absolute atomic E-state index is 13.2. The van der Waals surface area contributed by atoms with Crippen LogP contribution >= 0.6 is 0 Å². The van der Waals surface area contributed by atoms with E-state index >= 15 is 0 Å². The lowest BCUT2D eigenvalue weighted by atomic mass is 10.1. The third-order valence-corrected chi connectivity index (χ3v) is 7.83. The summed E-state index contributed by atoms with van der Waals surface area (Å²) < 4.78 is 44.6. The van der Waals surface area contributed by atoms with Crippen molar-refractivity contribution in [3.8, 4) is 5.75 Å². The number of aryl methyl sites for hydroxylation is 1. The molecule has 2 aliphatic heterocycles. The summed E-state index contributed by atoms with van der Waals surface area (Å²) in [6.45, 7) is 4.48. The summed E-state index contributed by atoms with van der Waals surface area (Å²) in [4.78, 5) is 13.1. The first-order valence-electron chi connectivity index (χ1n) is 11.3. The quantitative estimate of drug-likeness (QED) is 0.632. The van der Waals surface area contributed by atoms with Gasteiger partial charge in [0.15, 0.2) is 0 Å². The number of anilines is 1. The van der Waals surface area contributed by atoms with E-state index in [9.17, 15) is 13.2 Å². The number of nitrogens with zero attached hydrogens (tertiary/aromatic N) is 1. The molecule has 1 unspecified atom stereocenters. The number of morpholine rings is 1. The summed E-state index contributed by atoms with van der Waals surface area (Å²) in [7, 11) is -3.71. The van der Waals surface area contributed by atoms with Crippen molar-refractivity contribution in [3.63, 3.8) is 0 Å². The molecule has 178 valence electrons. The Labute approximate surface area is 194 Å². The lowest BCUT2D eigenvalue weighted by Gasteiger charge is -2.27. The summed E-state index contributed by atoms with van der Waals surface area (Å²) in [6, 6.07) is 12.0. The van der Waals surface area contributed by atoms with Gasteiger partial charge in [-0.15, -0.1) is 0 Å². The van der Waals surface area contributed by atoms with Crippen LogP contribution in [0.2, 0.25) is 0 Å². The Morgan fingerprint density at radius 1 is 1.15 bits per heavy atom. The molecule has 8 nitrogen and oxygen atoms in total. The van der Waals surface area contributed by atoms with Crippen LogP contribution in [0.4, 0.5) is 5.69 Å². The van der Waals surface area contributed by atoms with Gasteiger partial charge in [0, 0.05) is 37.0 Å². The normalized spacial score (nSPS) is 19.4. The van der Waals surface area contributed by atoms with E-state index in [4.69, 9.17) is 14.2 Å². The molecule has 2 aromatic rings. The lowest BCUT2D eigenvalue weighted by molar-refractivity contribution is 0.0680. The average molecular weight is 475 g/mol. The number of benzene rings is 2. The van der Waals surface area contributed by atoms with E-state index < -0.39 is 10.0 Å². The Kier molecular flexibility index (Phi) is 7.64. The fourth-order valence-electron chi connectivity index (χ4n) is 3.99. The third-order valence-electron chi connectivity index (χ3n) is 5.85. The lowest BCUT2D eigenvalue weighted by Crippen LogP contribution is -2.41. The molecule has 2 fully saturated rings. The van der Waals surface area contributed by atoms with Crippen molar-refractivity contribution in [3.05, 3.63) is 53.6 Å². The van der Waals surface area contributed by atoms with Crippen LogP contribution in [-0.4, -0.2) is 64.3 Å². The molecule has 2 aromatic carbocycles. The van der Waals surface area contributed by atoms with Gasteiger partial charge in [-0.05, 0) is 49.1 Å². The van der Waals surface area contributed by atoms with Crippen molar-refractivity contribution in [2.45, 2.75) is 37.2 Å². The highest BCUT2D eigenvalue weighted by molar-refractivity contribution is 7.89. The second-order valence-corrected chi connectivity index (χ2v) is 10.0. The van der Waals surface area contributed by atoms with E-state index in [2.05, 4.69) is 5.32 Å². The largest absolute Gasteiger partial charge is 0.491 e. The zero-order valence-electron chi connectivity index (χ0n) is 18.8. The topological polar surface area (TPSA) is 94.2 Å². The first-order chi connectivity index (χ1) is 16.0. The van der Waals surface area contributed by atoms with E-state index in [1.54, 1.807) is 30.3 Å². The highest BCUT2D eigenvalue weighted by Crippen LogP contribution is 2.25. The highest BCUT2D eigenvalue weighted by Gasteiger charge is 2.29. The number of carbonyl (C=O) groups is 1. The van der Waals surface area contributed by atoms with Gasteiger partial charge in [-0.2, -0.15) is 4.31 Å². The van der Waals surface area contributed by atoms with Gasteiger partial charge < -0.3 is 19.5 Å². The monoisotopic (exact) mass is 474 g/mol. The molecule has 2 heterocycles. The van der Waals surface area contributed by atoms with Crippen molar-refractivity contribution < 1.29 is 27.4 Å². The van der Waals surface area contributed by atoms with Crippen molar-refractivity contribution in [2.75, 3.05) is 44.8 Å². The maximum atomic E-state index is 13.2. The van der Waals surface area contributed by atoms with Gasteiger partial charge in [0.05, 0.1) is 24.2 Å². The minimum absolute atomic E-state index is 0.104. The molecular formula is C24H30N2O6S. The molecule has 0 spiro atoms. The van der Waals surface area contributed by atoms with Gasteiger partial charge >= 0.3 is 0 Å². The van der Waals surface area contributed by atoms with Crippen LogP contribution < -0.4 is 10.1 Å². The van der Waals surface area contributed by atoms with E-state index in [0.717, 1.165) is 19.4 Å². The Morgan fingerprint density at radius 3 is 2.70 bits per heavy atom. The molecule has 0 aromatic heterocycles. The number of hydrogen-bond donors (Lipinski definition) is 1. The van der Waals surface area contributed by atoms with Crippen molar-refractivity contribution in [1.82, 2.24) is 4.31 Å². The smallest absolute Gasteiger partial charge is 0.255 e. The predicted octanol–water partition coefficient (Wildman–Crippen LogP) is 3.08. The molecular weight excluding hydrogens is 444 g/mol. The second-order valence-electron chi connectivity index (χ2n) is 8.12. The molecule has 1 amide bonds. The molecule has 1 atom stereocenters. The number of nitrogens with one attached hydrogen (secondary N) is 1. The predicted molar refractivity (Wildman–Crippen MR) is 124 cm³/mol. The molecule has 4 rings (SSSR count). The number of ether oxygens (including phenoxy) is 3. The number of amides is 1. The van der Waals surface area contributed by atoms with Gasteiger partial charge in [0.1, 0.15) is 12.4 Å². The van der Waals surface area contributed by atoms with Crippen LogP contribution in [0.15, 0.2) is 47.4 Å².